The Bertz CT molecular complexity index is 1100. The molecule has 1 aliphatic rings. The SMILES string of the molecule is C=C1C=C(c2ccc(N(CCO)CCO)cc2)C=C[NH2+]c2ccc(C(=O)NCCS)cc2C1(C)C. The van der Waals surface area contributed by atoms with Gasteiger partial charge in [0.25, 0.3) is 5.91 Å². The zero-order chi connectivity index (χ0) is 25.4. The van der Waals surface area contributed by atoms with Gasteiger partial charge in [0.05, 0.1) is 19.4 Å². The summed E-state index contributed by atoms with van der Waals surface area (Å²) in [6.07, 6.45) is 6.19. The maximum absolute atomic E-state index is 12.6. The number of thiol groups is 1. The molecule has 0 fully saturated rings. The van der Waals surface area contributed by atoms with Crippen LogP contribution >= 0.6 is 12.6 Å². The standard InChI is InChI=1S/C28H35N3O3S/c1-20-18-22(21-4-7-24(8-5-21)31(13-15-32)14-16-33)10-11-29-26-9-6-23(27(34)30-12-17-35)19-25(26)28(20,2)3/h4-11,18-19,29,32-33,35H,1,12-17H2,2-3H3,(H,30,34)/p+1. The zero-order valence-corrected chi connectivity index (χ0v) is 21.4. The summed E-state index contributed by atoms with van der Waals surface area (Å²) in [6, 6.07) is 13.9. The van der Waals surface area contributed by atoms with E-state index in [-0.39, 0.29) is 19.1 Å². The van der Waals surface area contributed by atoms with Crippen molar-refractivity contribution in [2.75, 3.05) is 43.5 Å². The molecule has 0 aromatic heterocycles. The number of carbonyl (C=O) groups excluding carboxylic acids is 1. The average molecular weight is 495 g/mol. The van der Waals surface area contributed by atoms with E-state index in [1.54, 1.807) is 0 Å². The van der Waals surface area contributed by atoms with E-state index in [1.807, 2.05) is 53.6 Å². The molecule has 0 bridgehead atoms. The van der Waals surface area contributed by atoms with Gasteiger partial charge >= 0.3 is 0 Å². The third-order valence-electron chi connectivity index (χ3n) is 6.38. The summed E-state index contributed by atoms with van der Waals surface area (Å²) in [7, 11) is 0. The van der Waals surface area contributed by atoms with Gasteiger partial charge in [-0.05, 0) is 47.1 Å². The molecule has 1 amide bonds. The fraction of sp³-hybridized carbons (Fsp3) is 0.321. The number of rotatable bonds is 9. The summed E-state index contributed by atoms with van der Waals surface area (Å²) >= 11 is 4.17. The molecule has 5 N–H and O–H groups in total. The van der Waals surface area contributed by atoms with Gasteiger partial charge in [-0.1, -0.05) is 38.6 Å². The van der Waals surface area contributed by atoms with Crippen molar-refractivity contribution in [1.82, 2.24) is 5.32 Å². The molecule has 3 rings (SSSR count). The molecule has 186 valence electrons. The molecule has 0 aliphatic carbocycles. The number of nitrogens with zero attached hydrogens (tertiary/aromatic N) is 1. The lowest BCUT2D eigenvalue weighted by atomic mass is 9.76. The number of allylic oxidation sites excluding steroid dienone is 4. The third-order valence-corrected chi connectivity index (χ3v) is 6.60. The van der Waals surface area contributed by atoms with Crippen LogP contribution in [-0.4, -0.2) is 54.7 Å². The zero-order valence-electron chi connectivity index (χ0n) is 20.5. The fourth-order valence-electron chi connectivity index (χ4n) is 4.16. The highest BCUT2D eigenvalue weighted by molar-refractivity contribution is 7.80. The largest absolute Gasteiger partial charge is 0.395 e. The molecule has 1 aliphatic heterocycles. The Morgan fingerprint density at radius 2 is 1.80 bits per heavy atom. The third kappa shape index (κ3) is 6.44. The second-order valence-electron chi connectivity index (χ2n) is 9.04. The van der Waals surface area contributed by atoms with Crippen LogP contribution in [0.1, 0.15) is 35.3 Å². The number of aliphatic hydroxyl groups is 2. The quantitative estimate of drug-likeness (QED) is 0.274. The molecule has 6 nitrogen and oxygen atoms in total. The Kier molecular flexibility index (Phi) is 9.34. The molecule has 0 radical (unpaired) electrons. The summed E-state index contributed by atoms with van der Waals surface area (Å²) in [4.78, 5) is 14.5. The second kappa shape index (κ2) is 12.2. The van der Waals surface area contributed by atoms with Crippen LogP contribution in [0.25, 0.3) is 5.57 Å². The van der Waals surface area contributed by atoms with Crippen molar-refractivity contribution >= 4 is 35.5 Å². The van der Waals surface area contributed by atoms with Crippen molar-refractivity contribution in [2.45, 2.75) is 19.3 Å². The van der Waals surface area contributed by atoms with E-state index in [4.69, 9.17) is 0 Å². The van der Waals surface area contributed by atoms with Crippen LogP contribution in [0.15, 0.2) is 73.0 Å². The Morgan fingerprint density at radius 3 is 2.43 bits per heavy atom. The van der Waals surface area contributed by atoms with Crippen molar-refractivity contribution < 1.29 is 20.3 Å². The van der Waals surface area contributed by atoms with E-state index >= 15 is 0 Å². The van der Waals surface area contributed by atoms with Crippen LogP contribution in [0.2, 0.25) is 0 Å². The van der Waals surface area contributed by atoms with Crippen LogP contribution in [0, 0.1) is 0 Å². The number of amides is 1. The number of hydrogen-bond donors (Lipinski definition) is 5. The molecule has 2 aromatic rings. The lowest BCUT2D eigenvalue weighted by Gasteiger charge is -2.27. The molecule has 0 saturated carbocycles. The highest BCUT2D eigenvalue weighted by Gasteiger charge is 2.29. The Labute approximate surface area is 213 Å². The Balaban J connectivity index is 1.93. The number of nitrogens with one attached hydrogen (secondary N) is 1. The number of hydrogen-bond acceptors (Lipinski definition) is 5. The van der Waals surface area contributed by atoms with Crippen molar-refractivity contribution in [3.8, 4) is 0 Å². The molecule has 0 spiro atoms. The summed E-state index contributed by atoms with van der Waals surface area (Å²) in [6.45, 7) is 10.2. The number of carbonyl (C=O) groups is 1. The van der Waals surface area contributed by atoms with E-state index in [9.17, 15) is 15.0 Å². The number of fused-ring (bicyclic) bond motifs is 1. The van der Waals surface area contributed by atoms with E-state index in [0.29, 0.717) is 31.0 Å². The number of benzene rings is 2. The normalized spacial score (nSPS) is 14.9. The topological polar surface area (TPSA) is 89.4 Å². The van der Waals surface area contributed by atoms with Crippen molar-refractivity contribution in [3.63, 3.8) is 0 Å². The lowest BCUT2D eigenvalue weighted by Crippen LogP contribution is -2.71. The molecular weight excluding hydrogens is 458 g/mol. The first kappa shape index (κ1) is 26.8. The maximum atomic E-state index is 12.6. The van der Waals surface area contributed by atoms with Gasteiger partial charge in [0.1, 0.15) is 5.69 Å². The average Bonchev–Trinajstić information content (AvgIpc) is 2.90. The lowest BCUT2D eigenvalue weighted by molar-refractivity contribution is -0.497. The van der Waals surface area contributed by atoms with Crippen LogP contribution in [-0.2, 0) is 5.41 Å². The van der Waals surface area contributed by atoms with Crippen LogP contribution in [0.5, 0.6) is 0 Å². The van der Waals surface area contributed by atoms with Crippen molar-refractivity contribution in [1.29, 1.82) is 0 Å². The molecule has 35 heavy (non-hydrogen) atoms. The van der Waals surface area contributed by atoms with E-state index in [0.717, 1.165) is 33.6 Å². The van der Waals surface area contributed by atoms with Gasteiger partial charge in [-0.3, -0.25) is 10.1 Å². The molecule has 1 heterocycles. The van der Waals surface area contributed by atoms with E-state index in [2.05, 4.69) is 55.8 Å². The Hall–Kier alpha value is -2.84. The number of anilines is 1. The minimum atomic E-state index is -0.401. The molecule has 7 heteroatoms. The molecule has 0 atom stereocenters. The smallest absolute Gasteiger partial charge is 0.251 e. The number of quaternary nitrogens is 1. The van der Waals surface area contributed by atoms with Gasteiger partial charge < -0.3 is 20.4 Å². The van der Waals surface area contributed by atoms with Gasteiger partial charge in [0.15, 0.2) is 0 Å². The number of nitrogens with two attached hydrogens (primary N) is 1. The maximum Gasteiger partial charge on any atom is 0.251 e. The van der Waals surface area contributed by atoms with Gasteiger partial charge in [0.2, 0.25) is 0 Å². The predicted octanol–water partition coefficient (Wildman–Crippen LogP) is 2.78. The monoisotopic (exact) mass is 494 g/mol. The van der Waals surface area contributed by atoms with Gasteiger partial charge in [-0.15, -0.1) is 0 Å². The highest BCUT2D eigenvalue weighted by Crippen LogP contribution is 2.37. The summed E-state index contributed by atoms with van der Waals surface area (Å²) < 4.78 is 0. The van der Waals surface area contributed by atoms with Crippen molar-refractivity contribution in [2.24, 2.45) is 0 Å². The van der Waals surface area contributed by atoms with Crippen LogP contribution in [0.4, 0.5) is 11.4 Å². The van der Waals surface area contributed by atoms with E-state index < -0.39 is 5.41 Å². The highest BCUT2D eigenvalue weighted by atomic mass is 32.1. The fourth-order valence-corrected chi connectivity index (χ4v) is 4.27. The molecule has 2 aromatic carbocycles. The first-order chi connectivity index (χ1) is 16.8. The van der Waals surface area contributed by atoms with Crippen LogP contribution < -0.4 is 15.5 Å². The molecule has 0 saturated heterocycles. The first-order valence-electron chi connectivity index (χ1n) is 11.8. The summed E-state index contributed by atoms with van der Waals surface area (Å²) in [5.74, 6) is 0.485. The minimum Gasteiger partial charge on any atom is -0.395 e. The predicted molar refractivity (Wildman–Crippen MR) is 146 cm³/mol. The van der Waals surface area contributed by atoms with Crippen LogP contribution in [0.3, 0.4) is 0 Å². The van der Waals surface area contributed by atoms with Gasteiger partial charge in [0, 0.05) is 53.7 Å². The van der Waals surface area contributed by atoms with E-state index in [1.165, 1.54) is 0 Å². The second-order valence-corrected chi connectivity index (χ2v) is 9.49. The number of aliphatic hydroxyl groups excluding tert-OH is 2. The first-order valence-corrected chi connectivity index (χ1v) is 12.5. The summed E-state index contributed by atoms with van der Waals surface area (Å²) in [5.41, 5.74) is 6.27. The van der Waals surface area contributed by atoms with Crippen molar-refractivity contribution in [3.05, 3.63) is 89.7 Å². The molecule has 0 unspecified atom stereocenters. The summed E-state index contributed by atoms with van der Waals surface area (Å²) in [5, 5.41) is 23.6. The Morgan fingerprint density at radius 1 is 1.11 bits per heavy atom. The van der Waals surface area contributed by atoms with Gasteiger partial charge in [-0.25, -0.2) is 0 Å². The molecular formula is C28H36N3O3S+. The van der Waals surface area contributed by atoms with Gasteiger partial charge in [-0.2, -0.15) is 12.6 Å². The minimum absolute atomic E-state index is 0.0273.